The lowest BCUT2D eigenvalue weighted by molar-refractivity contribution is -0.136. The molecule has 380 valence electrons. The summed E-state index contributed by atoms with van der Waals surface area (Å²) in [5.74, 6) is -4.66. The van der Waals surface area contributed by atoms with Crippen LogP contribution in [0, 0.1) is 0 Å². The molecule has 18 nitrogen and oxygen atoms in total. The quantitative estimate of drug-likeness (QED) is 0.0700. The maximum Gasteiger partial charge on any atom is 0.339 e. The van der Waals surface area contributed by atoms with Crippen LogP contribution in [0.1, 0.15) is 33.6 Å². The van der Waals surface area contributed by atoms with Gasteiger partial charge in [-0.3, -0.25) is 19.2 Å². The lowest BCUT2D eigenvalue weighted by atomic mass is 10.1. The minimum Gasteiger partial charge on any atom is -0.478 e. The highest BCUT2D eigenvalue weighted by Gasteiger charge is 2.48. The second-order valence-corrected chi connectivity index (χ2v) is 24.1. The molecule has 3 N–H and O–H groups in total. The van der Waals surface area contributed by atoms with E-state index in [-0.39, 0.29) is 58.2 Å². The highest BCUT2D eigenvalue weighted by Crippen LogP contribution is 2.44. The van der Waals surface area contributed by atoms with E-state index in [4.69, 9.17) is 4.74 Å². The third kappa shape index (κ3) is 11.5. The minimum atomic E-state index is -4.36. The minimum absolute atomic E-state index is 0.00224. The van der Waals surface area contributed by atoms with Crippen LogP contribution in [0.5, 0.6) is 0 Å². The largest absolute Gasteiger partial charge is 0.478 e. The van der Waals surface area contributed by atoms with Crippen LogP contribution in [0.3, 0.4) is 0 Å². The van der Waals surface area contributed by atoms with Crippen LogP contribution in [0.15, 0.2) is 143 Å². The number of anilines is 2. The van der Waals surface area contributed by atoms with Gasteiger partial charge in [-0.05, 0) is 82.9 Å². The van der Waals surface area contributed by atoms with Gasteiger partial charge in [0, 0.05) is 37.7 Å². The first-order valence-corrected chi connectivity index (χ1v) is 27.9. The molecule has 4 amide bonds. The summed E-state index contributed by atoms with van der Waals surface area (Å²) in [6.07, 6.45) is 0.0136. The number of amides is 4. The number of nitrogens with one attached hydrogen (secondary N) is 2. The van der Waals surface area contributed by atoms with E-state index in [0.29, 0.717) is 10.8 Å². The predicted molar refractivity (Wildman–Crippen MR) is 279 cm³/mol. The summed E-state index contributed by atoms with van der Waals surface area (Å²) in [6, 6.07) is 33.2. The highest BCUT2D eigenvalue weighted by atomic mass is 33.1. The van der Waals surface area contributed by atoms with E-state index in [1.165, 1.54) is 97.4 Å². The number of hydrogen-bond donors (Lipinski definition) is 3. The fourth-order valence-corrected chi connectivity index (χ4v) is 15.5. The van der Waals surface area contributed by atoms with Crippen LogP contribution in [0.25, 0.3) is 21.5 Å². The third-order valence-corrected chi connectivity index (χ3v) is 19.6. The maximum absolute atomic E-state index is 14.6. The molecule has 0 aliphatic carbocycles. The molecule has 2 saturated heterocycles. The number of esters is 1. The number of para-hydroxylation sites is 2. The van der Waals surface area contributed by atoms with Crippen molar-refractivity contribution >= 4 is 110 Å². The topological polar surface area (TPSA) is 237 Å². The number of rotatable bonds is 17. The van der Waals surface area contributed by atoms with Gasteiger partial charge in [0.1, 0.15) is 12.1 Å². The van der Waals surface area contributed by atoms with Gasteiger partial charge in [-0.25, -0.2) is 26.4 Å². The molecule has 4 atom stereocenters. The van der Waals surface area contributed by atoms with Gasteiger partial charge in [0.2, 0.25) is 43.7 Å². The number of carbonyl (C=O) groups excluding carboxylic acids is 5. The zero-order valence-corrected chi connectivity index (χ0v) is 42.9. The predicted octanol–water partition coefficient (Wildman–Crippen LogP) is 6.02. The van der Waals surface area contributed by atoms with Crippen molar-refractivity contribution in [3.05, 3.63) is 145 Å². The van der Waals surface area contributed by atoms with Crippen LogP contribution in [0.2, 0.25) is 0 Å². The number of hydrogen-bond acceptors (Lipinski definition) is 13. The monoisotopic (exact) mass is 1070 g/mol. The highest BCUT2D eigenvalue weighted by molar-refractivity contribution is 8.77. The molecule has 2 heterocycles. The molecular formula is C51H50N6O12S4. The van der Waals surface area contributed by atoms with Gasteiger partial charge in [-0.15, -0.1) is 0 Å². The van der Waals surface area contributed by atoms with E-state index < -0.39 is 91.3 Å². The first-order chi connectivity index (χ1) is 34.8. The number of carboxylic acid groups (broad SMARTS) is 1. The van der Waals surface area contributed by atoms with Gasteiger partial charge in [0.05, 0.1) is 52.5 Å². The van der Waals surface area contributed by atoms with Crippen molar-refractivity contribution in [3.8, 4) is 0 Å². The molecule has 22 heteroatoms. The van der Waals surface area contributed by atoms with E-state index in [9.17, 15) is 50.7 Å². The van der Waals surface area contributed by atoms with Crippen molar-refractivity contribution in [1.29, 1.82) is 0 Å². The molecule has 0 spiro atoms. The number of carboxylic acids is 1. The Bertz CT molecular complexity index is 3380. The molecule has 0 bridgehead atoms. The fraction of sp³-hybridized carbons (Fsp3) is 0.255. The number of sulfonamides is 2. The molecule has 0 unspecified atom stereocenters. The molecule has 0 aromatic heterocycles. The molecule has 8 rings (SSSR count). The van der Waals surface area contributed by atoms with Gasteiger partial charge in [-0.1, -0.05) is 107 Å². The average molecular weight is 1070 g/mol. The normalized spacial score (nSPS) is 18.3. The lowest BCUT2D eigenvalue weighted by Gasteiger charge is -2.27. The summed E-state index contributed by atoms with van der Waals surface area (Å²) in [7, 11) is -2.26. The number of carbonyl (C=O) groups is 6. The number of benzene rings is 6. The Morgan fingerprint density at radius 1 is 0.575 bits per heavy atom. The third-order valence-electron chi connectivity index (χ3n) is 12.5. The molecule has 2 aliphatic heterocycles. The van der Waals surface area contributed by atoms with Crippen LogP contribution in [0.4, 0.5) is 11.4 Å². The van der Waals surface area contributed by atoms with Gasteiger partial charge in [0.25, 0.3) is 0 Å². The summed E-state index contributed by atoms with van der Waals surface area (Å²) < 4.78 is 65.6. The zero-order valence-electron chi connectivity index (χ0n) is 39.6. The van der Waals surface area contributed by atoms with Crippen molar-refractivity contribution in [2.75, 3.05) is 58.0 Å². The molecule has 2 aliphatic rings. The van der Waals surface area contributed by atoms with E-state index in [1.807, 2.05) is 24.3 Å². The molecule has 73 heavy (non-hydrogen) atoms. The molecule has 6 aromatic carbocycles. The first-order valence-electron chi connectivity index (χ1n) is 22.8. The van der Waals surface area contributed by atoms with Crippen LogP contribution in [-0.2, 0) is 44.0 Å². The fourth-order valence-electron chi connectivity index (χ4n) is 8.87. The number of nitrogens with zero attached hydrogens (tertiary/aromatic N) is 4. The summed E-state index contributed by atoms with van der Waals surface area (Å²) in [5.41, 5.74) is 0.112. The van der Waals surface area contributed by atoms with Crippen molar-refractivity contribution < 1.29 is 55.4 Å². The Kier molecular flexibility index (Phi) is 15.9. The molecule has 2 fully saturated rings. The van der Waals surface area contributed by atoms with E-state index in [2.05, 4.69) is 10.6 Å². The Hall–Kier alpha value is -6.82. The average Bonchev–Trinajstić information content (AvgIpc) is 4.03. The standard InChI is InChI=1S/C51H50N6O12S4/c1-54(30-46(58)52-42-18-10-8-16-40(42)50(62)63)48(60)44-26-36(28-56(44)72(65,66)38-22-20-32-12-4-6-14-34(32)24-38)70-71-37-27-45(57(29-37)73(67,68)39-23-21-33-13-5-7-15-35(33)25-39)49(61)55(2)31-47(59)53-43-19-11-9-17-41(43)51(64)69-3/h4-25,36-37,44-45H,26-31H2,1-3H3,(H,52,58)(H,53,59)(H,62,63)/t36-,37-,44+,45+/m1/s1. The summed E-state index contributed by atoms with van der Waals surface area (Å²) in [4.78, 5) is 81.7. The Balaban J connectivity index is 1.03. The van der Waals surface area contributed by atoms with Gasteiger partial charge >= 0.3 is 11.9 Å². The number of likely N-dealkylation sites (N-methyl/N-ethyl adjacent to an activating group) is 2. The van der Waals surface area contributed by atoms with Crippen molar-refractivity contribution in [2.45, 2.75) is 45.2 Å². The van der Waals surface area contributed by atoms with Crippen LogP contribution < -0.4 is 10.6 Å². The van der Waals surface area contributed by atoms with E-state index in [1.54, 1.807) is 54.6 Å². The number of methoxy groups -OCH3 is 1. The van der Waals surface area contributed by atoms with Crippen molar-refractivity contribution in [3.63, 3.8) is 0 Å². The number of aromatic carboxylic acids is 1. The SMILES string of the molecule is COC(=O)c1ccccc1NC(=O)CN(C)C(=O)[C@@H]1C[C@@H](SS[C@@H]2C[C@@H](C(=O)N(C)CC(=O)Nc3ccccc3C(=O)O)N(S(=O)(=O)c3ccc4ccccc4c3)C2)CN1S(=O)(=O)c1ccc2ccccc2c1. The molecular weight excluding hydrogens is 1020 g/mol. The van der Waals surface area contributed by atoms with Gasteiger partial charge in [0.15, 0.2) is 0 Å². The first kappa shape index (κ1) is 52.5. The second-order valence-electron chi connectivity index (χ2n) is 17.5. The Labute approximate surface area is 429 Å². The van der Waals surface area contributed by atoms with Gasteiger partial charge < -0.3 is 30.3 Å². The number of fused-ring (bicyclic) bond motifs is 2. The summed E-state index contributed by atoms with van der Waals surface area (Å²) in [5, 5.41) is 16.6. The lowest BCUT2D eigenvalue weighted by Crippen LogP contribution is -2.48. The van der Waals surface area contributed by atoms with E-state index in [0.717, 1.165) is 29.2 Å². The van der Waals surface area contributed by atoms with E-state index >= 15 is 0 Å². The summed E-state index contributed by atoms with van der Waals surface area (Å²) >= 11 is 0. The molecule has 0 radical (unpaired) electrons. The van der Waals surface area contributed by atoms with Crippen molar-refractivity contribution in [1.82, 2.24) is 18.4 Å². The van der Waals surface area contributed by atoms with Crippen LogP contribution in [-0.4, -0.2) is 146 Å². The number of ether oxygens (including phenoxy) is 1. The van der Waals surface area contributed by atoms with Crippen molar-refractivity contribution in [2.24, 2.45) is 0 Å². The zero-order chi connectivity index (χ0) is 52.2. The molecule has 6 aromatic rings. The second kappa shape index (κ2) is 22.1. The Morgan fingerprint density at radius 3 is 1.38 bits per heavy atom. The smallest absolute Gasteiger partial charge is 0.339 e. The Morgan fingerprint density at radius 2 is 0.959 bits per heavy atom. The summed E-state index contributed by atoms with van der Waals surface area (Å²) in [6.45, 7) is -1.30. The maximum atomic E-state index is 14.6. The van der Waals surface area contributed by atoms with Crippen LogP contribution >= 0.6 is 21.6 Å². The molecule has 0 saturated carbocycles. The van der Waals surface area contributed by atoms with Gasteiger partial charge in [-0.2, -0.15) is 8.61 Å².